The summed E-state index contributed by atoms with van der Waals surface area (Å²) in [5.41, 5.74) is 4.44. The number of hydrogen-bond acceptors (Lipinski definition) is 8. The topological polar surface area (TPSA) is 136 Å². The summed E-state index contributed by atoms with van der Waals surface area (Å²) in [5.74, 6) is -1.17. The molecule has 0 saturated heterocycles. The van der Waals surface area contributed by atoms with E-state index in [1.54, 1.807) is 104 Å². The number of ether oxygens (including phenoxy) is 1. The maximum atomic E-state index is 13.0. The zero-order valence-electron chi connectivity index (χ0n) is 56.6. The fraction of sp³-hybridized carbons (Fsp3) is 0.221. The SMILES string of the molecule is C.CC.CC.CC.CC.CC.CO.COCc1ccccc1.II.O=C1C(=Nc2cccc(C(F)(F)F)c2)c2ccccc2N1c1ccccc1.O=C1C(=Nc2cccc(C(F)(F)F)c2)c2ccccc2N1c1ccccc1.O=C1Nc2ccccc2C1=Nc1cccc(C(F)(F)F)c1.[V]. The number of para-hydroxylation sites is 5. The van der Waals surface area contributed by atoms with Gasteiger partial charge in [-0.25, -0.2) is 15.0 Å². The summed E-state index contributed by atoms with van der Waals surface area (Å²) in [6.07, 6.45) is -13.4. The molecule has 533 valence electrons. The number of rotatable bonds is 7. The van der Waals surface area contributed by atoms with Gasteiger partial charge in [0, 0.05) is 98.1 Å². The van der Waals surface area contributed by atoms with Crippen molar-refractivity contribution in [2.24, 2.45) is 15.0 Å². The van der Waals surface area contributed by atoms with E-state index in [2.05, 4.69) is 57.5 Å². The molecule has 3 aliphatic heterocycles. The molecule has 2 N–H and O–H groups in total. The number of aliphatic hydroxyl groups excluding tert-OH is 1. The second-order valence-corrected chi connectivity index (χ2v) is 18.4. The Morgan fingerprint density at radius 2 is 0.690 bits per heavy atom. The molecule has 3 amide bonds. The molecular formula is C77H83F9I2N6O5V. The van der Waals surface area contributed by atoms with Gasteiger partial charge in [-0.2, -0.15) is 39.5 Å². The van der Waals surface area contributed by atoms with Crippen molar-refractivity contribution in [1.29, 1.82) is 0 Å². The molecule has 3 heterocycles. The predicted molar refractivity (Wildman–Crippen MR) is 405 cm³/mol. The summed E-state index contributed by atoms with van der Waals surface area (Å²) >= 11 is 4.24. The number of fused-ring (bicyclic) bond motifs is 3. The molecule has 9 aromatic rings. The molecule has 0 aliphatic carbocycles. The number of alkyl halides is 9. The fourth-order valence-electron chi connectivity index (χ4n) is 8.88. The molecule has 11 nitrogen and oxygen atoms in total. The van der Waals surface area contributed by atoms with Crippen molar-refractivity contribution < 1.29 is 82.3 Å². The van der Waals surface area contributed by atoms with Gasteiger partial charge in [0.2, 0.25) is 0 Å². The Hall–Kier alpha value is -8.27. The number of nitrogens with one attached hydrogen (secondary N) is 1. The largest absolute Gasteiger partial charge is 0.416 e. The second-order valence-electron chi connectivity index (χ2n) is 18.4. The first kappa shape index (κ1) is 91.7. The number of methoxy groups -OCH3 is 1. The summed E-state index contributed by atoms with van der Waals surface area (Å²) in [7, 11) is 2.70. The van der Waals surface area contributed by atoms with E-state index in [-0.39, 0.29) is 72.0 Å². The standard InChI is InChI=1S/2C21H13F3N2O.C15H9F3N2O.C8H10O.5C2H6.CH4O.CH4.I2.V/c2*22-21(23,24)14-7-6-8-15(13-14)25-19-17-11-4-5-12-18(17)26(20(19)27)16-9-2-1-3-10-16;16-15(17,18)9-4-3-5-10(8-9)19-13-11-6-1-2-7-12(11)20-14(13)21;1-9-7-8-5-3-2-4-6-8;6*1-2;;1-2;/h2*1-13H;1-8H,(H,19,20,21);2-6H,7H2,1H3;5*1-2H3;2H,1H3;1H4;;. The third kappa shape index (κ3) is 26.4. The molecule has 0 atom stereocenters. The maximum Gasteiger partial charge on any atom is 0.416 e. The van der Waals surface area contributed by atoms with E-state index >= 15 is 0 Å². The summed E-state index contributed by atoms with van der Waals surface area (Å²) < 4.78 is 121. The number of carbonyl (C=O) groups excluding carboxylic acids is 3. The number of aliphatic imine (C=N–C) groups is 3. The van der Waals surface area contributed by atoms with Gasteiger partial charge < -0.3 is 15.2 Å². The average Bonchev–Trinajstić information content (AvgIpc) is 1.62. The van der Waals surface area contributed by atoms with E-state index in [0.717, 1.165) is 43.5 Å². The Bertz CT molecular complexity index is 3800. The number of nitrogens with zero attached hydrogens (tertiary/aromatic N) is 5. The second kappa shape index (κ2) is 47.7. The van der Waals surface area contributed by atoms with Crippen molar-refractivity contribution >= 4 is 118 Å². The van der Waals surface area contributed by atoms with E-state index in [4.69, 9.17) is 9.84 Å². The van der Waals surface area contributed by atoms with E-state index in [1.165, 1.54) is 51.8 Å². The van der Waals surface area contributed by atoms with Crippen LogP contribution in [0.5, 0.6) is 0 Å². The number of hydrogen-bond donors (Lipinski definition) is 2. The predicted octanol–water partition coefficient (Wildman–Crippen LogP) is 23.8. The Kier molecular flexibility index (Phi) is 43.8. The van der Waals surface area contributed by atoms with Crippen LogP contribution in [0.25, 0.3) is 0 Å². The molecule has 100 heavy (non-hydrogen) atoms. The zero-order chi connectivity index (χ0) is 73.6. The molecule has 0 aromatic heterocycles. The monoisotopic (exact) mass is 1650 g/mol. The third-order valence-electron chi connectivity index (χ3n) is 12.7. The first-order valence-electron chi connectivity index (χ1n) is 31.1. The van der Waals surface area contributed by atoms with Crippen molar-refractivity contribution in [3.8, 4) is 0 Å². The van der Waals surface area contributed by atoms with Crippen molar-refractivity contribution in [1.82, 2.24) is 0 Å². The van der Waals surface area contributed by atoms with Gasteiger partial charge in [-0.1, -0.05) is 216 Å². The number of halogens is 11. The molecule has 12 rings (SSSR count). The Morgan fingerprint density at radius 1 is 0.400 bits per heavy atom. The van der Waals surface area contributed by atoms with Crippen molar-refractivity contribution in [2.75, 3.05) is 29.3 Å². The maximum absolute atomic E-state index is 13.0. The van der Waals surface area contributed by atoms with E-state index in [0.29, 0.717) is 51.7 Å². The van der Waals surface area contributed by atoms with Crippen LogP contribution in [-0.4, -0.2) is 54.2 Å². The van der Waals surface area contributed by atoms with Gasteiger partial charge in [0.05, 0.1) is 57.4 Å². The van der Waals surface area contributed by atoms with Crippen LogP contribution in [0.3, 0.4) is 0 Å². The molecule has 0 spiro atoms. The van der Waals surface area contributed by atoms with Gasteiger partial charge in [0.25, 0.3) is 17.7 Å². The summed E-state index contributed by atoms with van der Waals surface area (Å²) in [6, 6.07) is 63.2. The van der Waals surface area contributed by atoms with Crippen LogP contribution < -0.4 is 15.1 Å². The summed E-state index contributed by atoms with van der Waals surface area (Å²) in [5, 5.41) is 9.62. The molecule has 0 unspecified atom stereocenters. The van der Waals surface area contributed by atoms with E-state index in [1.807, 2.05) is 136 Å². The van der Waals surface area contributed by atoms with Crippen LogP contribution in [0.4, 0.5) is 85.0 Å². The minimum absolute atomic E-state index is 0. The van der Waals surface area contributed by atoms with Gasteiger partial charge in [-0.15, -0.1) is 0 Å². The van der Waals surface area contributed by atoms with Crippen LogP contribution >= 0.6 is 37.2 Å². The Labute approximate surface area is 617 Å². The van der Waals surface area contributed by atoms with Gasteiger partial charge in [-0.05, 0) is 103 Å². The molecule has 0 saturated carbocycles. The van der Waals surface area contributed by atoms with Gasteiger partial charge in [0.1, 0.15) is 17.1 Å². The van der Waals surface area contributed by atoms with E-state index in [9.17, 15) is 53.9 Å². The Morgan fingerprint density at radius 3 is 1.02 bits per heavy atom. The quantitative estimate of drug-likeness (QED) is 0.121. The third-order valence-corrected chi connectivity index (χ3v) is 12.7. The van der Waals surface area contributed by atoms with Crippen LogP contribution in [0.1, 0.15) is 116 Å². The molecule has 0 fully saturated rings. The minimum Gasteiger partial charge on any atom is -0.400 e. The molecular weight excluding hydrogens is 1560 g/mol. The number of carbonyl (C=O) groups is 3. The first-order valence-corrected chi connectivity index (χ1v) is 37.4. The number of benzene rings is 9. The summed E-state index contributed by atoms with van der Waals surface area (Å²) in [6.45, 7) is 20.7. The van der Waals surface area contributed by atoms with Crippen LogP contribution in [0.2, 0.25) is 0 Å². The molecule has 3 aliphatic rings. The number of aliphatic hydroxyl groups is 1. The van der Waals surface area contributed by atoms with Crippen molar-refractivity contribution in [3.05, 3.63) is 276 Å². The number of anilines is 5. The molecule has 23 heteroatoms. The van der Waals surface area contributed by atoms with Crippen molar-refractivity contribution in [2.45, 2.75) is 102 Å². The van der Waals surface area contributed by atoms with Crippen LogP contribution in [0, 0.1) is 0 Å². The summed E-state index contributed by atoms with van der Waals surface area (Å²) in [4.78, 5) is 53.5. The van der Waals surface area contributed by atoms with Crippen LogP contribution in [0.15, 0.2) is 252 Å². The molecule has 1 radical (unpaired) electrons. The van der Waals surface area contributed by atoms with Gasteiger partial charge >= 0.3 is 18.5 Å². The average molecular weight is 1650 g/mol. The zero-order valence-corrected chi connectivity index (χ0v) is 62.4. The normalized spacial score (nSPS) is 12.9. The van der Waals surface area contributed by atoms with E-state index < -0.39 is 41.1 Å². The van der Waals surface area contributed by atoms with Gasteiger partial charge in [-0.3, -0.25) is 24.2 Å². The smallest absolute Gasteiger partial charge is 0.400 e. The number of amides is 3. The Balaban J connectivity index is 0.00000127. The first-order chi connectivity index (χ1) is 47.3. The fourth-order valence-corrected chi connectivity index (χ4v) is 8.88. The minimum atomic E-state index is -4.47. The molecule has 9 aromatic carbocycles. The molecule has 0 bridgehead atoms. The van der Waals surface area contributed by atoms with Gasteiger partial charge in [0.15, 0.2) is 0 Å². The van der Waals surface area contributed by atoms with Crippen LogP contribution in [-0.2, 0) is 62.8 Å². The van der Waals surface area contributed by atoms with Crippen molar-refractivity contribution in [3.63, 3.8) is 0 Å².